The average molecular weight is 541 g/mol. The summed E-state index contributed by atoms with van der Waals surface area (Å²) in [7, 11) is -4.73. The first-order chi connectivity index (χ1) is 17.0. The van der Waals surface area contributed by atoms with Gasteiger partial charge in [0.05, 0.1) is 18.3 Å². The van der Waals surface area contributed by atoms with Gasteiger partial charge in [0.25, 0.3) is 11.8 Å². The van der Waals surface area contributed by atoms with E-state index < -0.39 is 34.2 Å². The monoisotopic (exact) mass is 540 g/mol. The highest BCUT2D eigenvalue weighted by molar-refractivity contribution is 7.84. The van der Waals surface area contributed by atoms with E-state index in [1.807, 2.05) is 0 Å². The van der Waals surface area contributed by atoms with Crippen molar-refractivity contribution in [3.8, 4) is 5.75 Å². The van der Waals surface area contributed by atoms with Gasteiger partial charge in [-0.15, -0.1) is 11.3 Å². The molecule has 8 N–H and O–H groups in total. The molecule has 2 aromatic rings. The van der Waals surface area contributed by atoms with Gasteiger partial charge in [0, 0.05) is 11.8 Å². The molecule has 1 aromatic carbocycles. The van der Waals surface area contributed by atoms with Gasteiger partial charge in [0.1, 0.15) is 24.1 Å². The number of aromatic nitrogens is 1. The number of aliphatic imine (C=N–C) groups is 1. The molecule has 1 aliphatic heterocycles. The number of nitrogen functional groups attached to an aromatic ring is 1. The molecule has 17 heteroatoms. The van der Waals surface area contributed by atoms with Crippen LogP contribution in [0.3, 0.4) is 0 Å². The maximum Gasteiger partial charge on any atom is 0.362 e. The van der Waals surface area contributed by atoms with E-state index in [0.29, 0.717) is 17.9 Å². The van der Waals surface area contributed by atoms with Crippen LogP contribution in [-0.4, -0.2) is 71.0 Å². The first kappa shape index (κ1) is 26.6. The lowest BCUT2D eigenvalue weighted by atomic mass is 10.0. The molecule has 0 radical (unpaired) electrons. The van der Waals surface area contributed by atoms with Crippen molar-refractivity contribution in [2.75, 3.05) is 18.9 Å². The number of nitrogens with one attached hydrogen (secondary N) is 1. The molecule has 2 heterocycles. The molecule has 2 atom stereocenters. The molecule has 0 bridgehead atoms. The topological polar surface area (TPSA) is 238 Å². The van der Waals surface area contributed by atoms with Gasteiger partial charge < -0.3 is 32.1 Å². The summed E-state index contributed by atoms with van der Waals surface area (Å²) in [5.74, 6) is -1.29. The molecule has 2 amide bonds. The molecule has 1 aromatic heterocycles. The Kier molecular flexibility index (Phi) is 8.28. The van der Waals surface area contributed by atoms with Crippen molar-refractivity contribution in [1.82, 2.24) is 14.6 Å². The van der Waals surface area contributed by atoms with Crippen molar-refractivity contribution in [2.24, 2.45) is 21.6 Å². The van der Waals surface area contributed by atoms with Crippen LogP contribution in [-0.2, 0) is 24.7 Å². The third-order valence-corrected chi connectivity index (χ3v) is 6.43. The Morgan fingerprint density at radius 2 is 1.97 bits per heavy atom. The van der Waals surface area contributed by atoms with Crippen LogP contribution in [0, 0.1) is 0 Å². The van der Waals surface area contributed by atoms with E-state index >= 15 is 0 Å². The summed E-state index contributed by atoms with van der Waals surface area (Å²) in [5.41, 5.74) is 16.7. The van der Waals surface area contributed by atoms with Crippen LogP contribution in [0.4, 0.5) is 10.8 Å². The van der Waals surface area contributed by atoms with E-state index in [4.69, 9.17) is 31.3 Å². The number of hydrogen-bond donors (Lipinski definition) is 5. The molecular weight excluding hydrogens is 516 g/mol. The van der Waals surface area contributed by atoms with Crippen molar-refractivity contribution in [2.45, 2.75) is 25.4 Å². The number of guanidine groups is 1. The molecular formula is C19H24N8O7S2. The minimum Gasteiger partial charge on any atom is -0.493 e. The van der Waals surface area contributed by atoms with Crippen molar-refractivity contribution in [3.63, 3.8) is 0 Å². The molecule has 194 valence electrons. The van der Waals surface area contributed by atoms with E-state index in [1.165, 1.54) is 12.3 Å². The van der Waals surface area contributed by atoms with Crippen LogP contribution in [0.2, 0.25) is 0 Å². The first-order valence-electron chi connectivity index (χ1n) is 10.3. The Labute approximate surface area is 209 Å². The van der Waals surface area contributed by atoms with Gasteiger partial charge in [-0.3, -0.25) is 14.1 Å². The van der Waals surface area contributed by atoms with Crippen LogP contribution in [0.1, 0.15) is 19.0 Å². The third kappa shape index (κ3) is 6.58. The van der Waals surface area contributed by atoms with E-state index in [0.717, 1.165) is 11.3 Å². The number of anilines is 1. The minimum absolute atomic E-state index is 0.0522. The van der Waals surface area contributed by atoms with Crippen molar-refractivity contribution in [1.29, 1.82) is 0 Å². The largest absolute Gasteiger partial charge is 0.493 e. The number of benzene rings is 1. The predicted molar refractivity (Wildman–Crippen MR) is 131 cm³/mol. The molecule has 1 saturated heterocycles. The van der Waals surface area contributed by atoms with Crippen LogP contribution in [0.5, 0.6) is 5.75 Å². The normalized spacial score (nSPS) is 17.8. The Morgan fingerprint density at radius 3 is 2.53 bits per heavy atom. The van der Waals surface area contributed by atoms with Crippen LogP contribution < -0.4 is 27.3 Å². The number of nitrogens with two attached hydrogens (primary N) is 3. The fourth-order valence-electron chi connectivity index (χ4n) is 3.10. The maximum absolute atomic E-state index is 12.8. The molecule has 0 spiro atoms. The zero-order valence-electron chi connectivity index (χ0n) is 18.9. The van der Waals surface area contributed by atoms with Crippen molar-refractivity contribution in [3.05, 3.63) is 35.3 Å². The van der Waals surface area contributed by atoms with Gasteiger partial charge in [-0.2, -0.15) is 8.42 Å². The molecule has 0 saturated carbocycles. The van der Waals surface area contributed by atoms with E-state index in [9.17, 15) is 18.0 Å². The van der Waals surface area contributed by atoms with Gasteiger partial charge in [-0.1, -0.05) is 5.16 Å². The number of nitrogens with zero attached hydrogens (tertiary/aromatic N) is 4. The highest BCUT2D eigenvalue weighted by Gasteiger charge is 2.51. The van der Waals surface area contributed by atoms with Gasteiger partial charge in [0.15, 0.2) is 16.8 Å². The summed E-state index contributed by atoms with van der Waals surface area (Å²) < 4.78 is 37.5. The summed E-state index contributed by atoms with van der Waals surface area (Å²) in [6.45, 7) is 1.71. The minimum atomic E-state index is -4.73. The number of carbonyl (C=O) groups is 2. The van der Waals surface area contributed by atoms with Crippen LogP contribution >= 0.6 is 11.3 Å². The average Bonchev–Trinajstić information content (AvgIpc) is 3.22. The molecule has 3 rings (SSSR count). The summed E-state index contributed by atoms with van der Waals surface area (Å²) in [6.07, 6.45) is 0.411. The van der Waals surface area contributed by atoms with E-state index in [1.54, 1.807) is 24.3 Å². The van der Waals surface area contributed by atoms with Gasteiger partial charge in [-0.05, 0) is 31.2 Å². The maximum atomic E-state index is 12.8. The van der Waals surface area contributed by atoms with E-state index in [2.05, 4.69) is 20.4 Å². The number of β-lactam (4-membered cyclic amide) rings is 1. The second-order valence-corrected chi connectivity index (χ2v) is 9.56. The predicted octanol–water partition coefficient (Wildman–Crippen LogP) is -0.662. The molecule has 15 nitrogen and oxygen atoms in total. The summed E-state index contributed by atoms with van der Waals surface area (Å²) >= 11 is 1.06. The van der Waals surface area contributed by atoms with E-state index in [-0.39, 0.29) is 40.0 Å². The number of amides is 2. The number of thiazole rings is 1. The molecule has 0 unspecified atom stereocenters. The lowest BCUT2D eigenvalue weighted by Crippen LogP contribution is -2.71. The number of hydrogen-bond acceptors (Lipinski definition) is 11. The second-order valence-electron chi connectivity index (χ2n) is 7.38. The number of oxime groups is 1. The summed E-state index contributed by atoms with van der Waals surface area (Å²) in [6, 6.07) is 4.58. The zero-order chi connectivity index (χ0) is 26.5. The fraction of sp³-hybridized carbons (Fsp3) is 0.316. The van der Waals surface area contributed by atoms with Gasteiger partial charge in [0.2, 0.25) is 0 Å². The van der Waals surface area contributed by atoms with Gasteiger partial charge >= 0.3 is 10.3 Å². The Bertz CT molecular complexity index is 1270. The Balaban J connectivity index is 1.55. The highest BCUT2D eigenvalue weighted by Crippen LogP contribution is 2.23. The third-order valence-electron chi connectivity index (χ3n) is 4.75. The second kappa shape index (κ2) is 11.2. The van der Waals surface area contributed by atoms with Crippen molar-refractivity contribution < 1.29 is 32.1 Å². The number of carbonyl (C=O) groups excluding carboxylic acids is 2. The number of ether oxygens (including phenoxy) is 1. The summed E-state index contributed by atoms with van der Waals surface area (Å²) in [4.78, 5) is 38.0. The fourth-order valence-corrected chi connectivity index (χ4v) is 4.53. The molecule has 1 aliphatic rings. The van der Waals surface area contributed by atoms with Crippen LogP contribution in [0.15, 0.2) is 39.8 Å². The number of rotatable bonds is 11. The lowest BCUT2D eigenvalue weighted by Gasteiger charge is -2.42. The smallest absolute Gasteiger partial charge is 0.362 e. The summed E-state index contributed by atoms with van der Waals surface area (Å²) in [5, 5.41) is 7.85. The standard InChI is InChI=1S/C19H24N8O7S2/c1-10-14(17(29)27(10)36(30,31)32)25-16(28)15(13-9-35-19(22)24-13)26-34-8-2-7-33-12-5-3-11(4-6-12)23-18(20)21/h3-6,9-10,14H,2,7-8H2,1H3,(H2,22,24)(H,25,28)(H4,20,21,23)(H,30,31,32)/b26-15-/t10-,14-/m0/s1. The highest BCUT2D eigenvalue weighted by atomic mass is 32.2. The quantitative estimate of drug-likeness (QED) is 0.0598. The zero-order valence-corrected chi connectivity index (χ0v) is 20.5. The van der Waals surface area contributed by atoms with Crippen LogP contribution in [0.25, 0.3) is 0 Å². The van der Waals surface area contributed by atoms with Gasteiger partial charge in [-0.25, -0.2) is 14.3 Å². The molecule has 36 heavy (non-hydrogen) atoms. The van der Waals surface area contributed by atoms with Crippen molar-refractivity contribution >= 4 is 55.9 Å². The first-order valence-corrected chi connectivity index (χ1v) is 12.6. The Hall–Kier alpha value is -3.96. The molecule has 1 fully saturated rings. The molecule has 0 aliphatic carbocycles. The SMILES string of the molecule is C[C@H]1[C@H](NC(=O)/C(=N\OCCCOc2ccc(N=C(N)N)cc2)c2csc(N)n2)C(=O)N1S(=O)(=O)O. The lowest BCUT2D eigenvalue weighted by molar-refractivity contribution is -0.143. The Morgan fingerprint density at radius 1 is 1.28 bits per heavy atom.